The summed E-state index contributed by atoms with van der Waals surface area (Å²) in [4.78, 5) is 6.85. The highest BCUT2D eigenvalue weighted by Crippen LogP contribution is 2.15. The van der Waals surface area contributed by atoms with E-state index >= 15 is 0 Å². The molecule has 4 heteroatoms. The first-order chi connectivity index (χ1) is 9.24. The van der Waals surface area contributed by atoms with Crippen molar-refractivity contribution in [2.24, 2.45) is 16.6 Å². The van der Waals surface area contributed by atoms with Gasteiger partial charge in [0.05, 0.1) is 6.54 Å². The lowest BCUT2D eigenvalue weighted by Crippen LogP contribution is -2.35. The maximum absolute atomic E-state index is 5.86. The van der Waals surface area contributed by atoms with E-state index in [2.05, 4.69) is 22.1 Å². The van der Waals surface area contributed by atoms with Crippen LogP contribution in [0.1, 0.15) is 19.8 Å². The number of guanidine groups is 1. The smallest absolute Gasteiger partial charge is 0.193 e. The van der Waals surface area contributed by atoms with Crippen molar-refractivity contribution in [3.63, 3.8) is 0 Å². The third-order valence-corrected chi connectivity index (χ3v) is 3.62. The van der Waals surface area contributed by atoms with Gasteiger partial charge in [0.25, 0.3) is 0 Å². The lowest BCUT2D eigenvalue weighted by Gasteiger charge is -2.29. The van der Waals surface area contributed by atoms with Gasteiger partial charge in [-0.15, -0.1) is 0 Å². The molecule has 104 valence electrons. The predicted octanol–water partition coefficient (Wildman–Crippen LogP) is 2.15. The molecule has 1 aromatic rings. The molecule has 0 saturated carbocycles. The molecule has 3 N–H and O–H groups in total. The third-order valence-electron chi connectivity index (χ3n) is 3.62. The molecule has 0 bridgehead atoms. The van der Waals surface area contributed by atoms with Gasteiger partial charge in [-0.3, -0.25) is 4.99 Å². The number of nitrogens with two attached hydrogens (primary N) is 1. The van der Waals surface area contributed by atoms with Crippen LogP contribution in [-0.4, -0.2) is 37.0 Å². The summed E-state index contributed by atoms with van der Waals surface area (Å²) in [6.07, 6.45) is 2.61. The Kier molecular flexibility index (Phi) is 5.21. The highest BCUT2D eigenvalue weighted by Gasteiger charge is 2.14. The van der Waals surface area contributed by atoms with Gasteiger partial charge in [-0.1, -0.05) is 25.1 Å². The molecule has 4 nitrogen and oxygen atoms in total. The summed E-state index contributed by atoms with van der Waals surface area (Å²) in [5, 5.41) is 3.10. The van der Waals surface area contributed by atoms with Crippen LogP contribution in [0.4, 0.5) is 5.69 Å². The highest BCUT2D eigenvalue weighted by atomic mass is 15.2. The molecule has 19 heavy (non-hydrogen) atoms. The van der Waals surface area contributed by atoms with E-state index in [-0.39, 0.29) is 0 Å². The minimum absolute atomic E-state index is 0.497. The zero-order valence-electron chi connectivity index (χ0n) is 11.7. The molecule has 2 rings (SSSR count). The van der Waals surface area contributed by atoms with E-state index in [0.717, 1.165) is 24.7 Å². The lowest BCUT2D eigenvalue weighted by molar-refractivity contribution is 0.197. The molecule has 0 spiro atoms. The van der Waals surface area contributed by atoms with Gasteiger partial charge in [0.15, 0.2) is 5.96 Å². The quantitative estimate of drug-likeness (QED) is 0.644. The van der Waals surface area contributed by atoms with Crippen molar-refractivity contribution < 1.29 is 0 Å². The van der Waals surface area contributed by atoms with Crippen molar-refractivity contribution in [3.05, 3.63) is 30.3 Å². The van der Waals surface area contributed by atoms with Crippen molar-refractivity contribution in [1.82, 2.24) is 4.90 Å². The Balaban J connectivity index is 1.70. The zero-order valence-corrected chi connectivity index (χ0v) is 11.7. The van der Waals surface area contributed by atoms with Crippen molar-refractivity contribution in [2.45, 2.75) is 19.8 Å². The molecule has 0 radical (unpaired) electrons. The van der Waals surface area contributed by atoms with Gasteiger partial charge in [0, 0.05) is 12.2 Å². The molecule has 0 atom stereocenters. The van der Waals surface area contributed by atoms with Gasteiger partial charge in [0.2, 0.25) is 0 Å². The zero-order chi connectivity index (χ0) is 13.5. The van der Waals surface area contributed by atoms with Crippen molar-refractivity contribution in [3.8, 4) is 0 Å². The van der Waals surface area contributed by atoms with Crippen molar-refractivity contribution in [2.75, 3.05) is 31.5 Å². The van der Waals surface area contributed by atoms with E-state index in [9.17, 15) is 0 Å². The average molecular weight is 260 g/mol. The molecule has 0 unspecified atom stereocenters. The minimum Gasteiger partial charge on any atom is -0.370 e. The Morgan fingerprint density at radius 1 is 1.32 bits per heavy atom. The molecule has 1 aliphatic heterocycles. The summed E-state index contributed by atoms with van der Waals surface area (Å²) in [6, 6.07) is 9.90. The standard InChI is InChI=1S/C15H24N4/c1-13-7-10-19(11-8-13)12-9-17-15(16)18-14-5-3-2-4-6-14/h2-6,13H,7-12H2,1H3,(H3,16,17,18). The molecule has 1 heterocycles. The van der Waals surface area contributed by atoms with Gasteiger partial charge in [-0.25, -0.2) is 0 Å². The summed E-state index contributed by atoms with van der Waals surface area (Å²) >= 11 is 0. The van der Waals surface area contributed by atoms with Crippen LogP contribution < -0.4 is 11.1 Å². The van der Waals surface area contributed by atoms with Crippen LogP contribution in [0.3, 0.4) is 0 Å². The molecule has 1 aliphatic rings. The topological polar surface area (TPSA) is 53.6 Å². The third kappa shape index (κ3) is 4.91. The van der Waals surface area contributed by atoms with Gasteiger partial charge in [-0.2, -0.15) is 0 Å². The first-order valence-electron chi connectivity index (χ1n) is 7.08. The number of hydrogen-bond acceptors (Lipinski definition) is 2. The number of likely N-dealkylation sites (tertiary alicyclic amines) is 1. The van der Waals surface area contributed by atoms with E-state index in [1.165, 1.54) is 25.9 Å². The highest BCUT2D eigenvalue weighted by molar-refractivity contribution is 5.92. The van der Waals surface area contributed by atoms with Crippen LogP contribution in [0.5, 0.6) is 0 Å². The van der Waals surface area contributed by atoms with Gasteiger partial charge < -0.3 is 16.0 Å². The number of piperidine rings is 1. The van der Waals surface area contributed by atoms with Gasteiger partial charge in [0.1, 0.15) is 0 Å². The van der Waals surface area contributed by atoms with E-state index in [1.54, 1.807) is 0 Å². The first-order valence-corrected chi connectivity index (χ1v) is 7.08. The van der Waals surface area contributed by atoms with Crippen LogP contribution in [0.2, 0.25) is 0 Å². The number of hydrogen-bond donors (Lipinski definition) is 2. The summed E-state index contributed by atoms with van der Waals surface area (Å²) in [5.41, 5.74) is 6.85. The fraction of sp³-hybridized carbons (Fsp3) is 0.533. The second-order valence-electron chi connectivity index (χ2n) is 5.28. The van der Waals surface area contributed by atoms with Crippen LogP contribution in [0.25, 0.3) is 0 Å². The molecule has 1 aromatic carbocycles. The van der Waals surface area contributed by atoms with Crippen molar-refractivity contribution >= 4 is 11.6 Å². The number of anilines is 1. The number of nitrogens with one attached hydrogen (secondary N) is 1. The summed E-state index contributed by atoms with van der Waals surface area (Å²) in [5.74, 6) is 1.38. The molecular formula is C15H24N4. The number of rotatable bonds is 4. The van der Waals surface area contributed by atoms with Crippen molar-refractivity contribution in [1.29, 1.82) is 0 Å². The van der Waals surface area contributed by atoms with E-state index in [4.69, 9.17) is 5.73 Å². The predicted molar refractivity (Wildman–Crippen MR) is 81.4 cm³/mol. The number of aliphatic imine (C=N–C) groups is 1. The van der Waals surface area contributed by atoms with Crippen LogP contribution >= 0.6 is 0 Å². The Labute approximate surface area is 115 Å². The fourth-order valence-electron chi connectivity index (χ4n) is 2.31. The second-order valence-corrected chi connectivity index (χ2v) is 5.28. The maximum Gasteiger partial charge on any atom is 0.193 e. The van der Waals surface area contributed by atoms with Gasteiger partial charge >= 0.3 is 0 Å². The van der Waals surface area contributed by atoms with E-state index in [1.807, 2.05) is 30.3 Å². The number of nitrogens with zero attached hydrogens (tertiary/aromatic N) is 2. The molecule has 1 saturated heterocycles. The molecule has 0 amide bonds. The Morgan fingerprint density at radius 2 is 2.00 bits per heavy atom. The monoisotopic (exact) mass is 260 g/mol. The maximum atomic E-state index is 5.86. The molecule has 0 aromatic heterocycles. The Hall–Kier alpha value is -1.55. The lowest BCUT2D eigenvalue weighted by atomic mass is 9.99. The van der Waals surface area contributed by atoms with Crippen LogP contribution in [0.15, 0.2) is 35.3 Å². The van der Waals surface area contributed by atoms with E-state index < -0.39 is 0 Å². The number of benzene rings is 1. The number of para-hydroxylation sites is 1. The molecule has 1 fully saturated rings. The summed E-state index contributed by atoms with van der Waals surface area (Å²) < 4.78 is 0. The van der Waals surface area contributed by atoms with Crippen LogP contribution in [0, 0.1) is 5.92 Å². The fourth-order valence-corrected chi connectivity index (χ4v) is 2.31. The Bertz CT molecular complexity index is 394. The van der Waals surface area contributed by atoms with Gasteiger partial charge in [-0.05, 0) is 44.0 Å². The average Bonchev–Trinajstić information content (AvgIpc) is 2.42. The molecule has 0 aliphatic carbocycles. The minimum atomic E-state index is 0.497. The summed E-state index contributed by atoms with van der Waals surface area (Å²) in [6.45, 7) is 6.49. The first kappa shape index (κ1) is 13.9. The SMILES string of the molecule is CC1CCN(CCN=C(N)Nc2ccccc2)CC1. The normalized spacial score (nSPS) is 18.5. The second kappa shape index (κ2) is 7.14. The molecular weight excluding hydrogens is 236 g/mol. The largest absolute Gasteiger partial charge is 0.370 e. The van der Waals surface area contributed by atoms with Crippen LogP contribution in [-0.2, 0) is 0 Å². The van der Waals surface area contributed by atoms with E-state index in [0.29, 0.717) is 5.96 Å². The summed E-state index contributed by atoms with van der Waals surface area (Å²) in [7, 11) is 0. The Morgan fingerprint density at radius 3 is 2.68 bits per heavy atom.